The summed E-state index contributed by atoms with van der Waals surface area (Å²) in [5.74, 6) is 1.71. The van der Waals surface area contributed by atoms with Gasteiger partial charge in [-0.05, 0) is 75.2 Å². The molecule has 7 nitrogen and oxygen atoms in total. The molecule has 0 unspecified atom stereocenters. The number of aromatic nitrogens is 1. The lowest BCUT2D eigenvalue weighted by Gasteiger charge is -2.35. The largest absolute Gasteiger partial charge is 0.494 e. The first-order valence-corrected chi connectivity index (χ1v) is 15.7. The smallest absolute Gasteiger partial charge is 0.199 e. The van der Waals surface area contributed by atoms with Gasteiger partial charge in [0.05, 0.1) is 20.3 Å². The number of rotatable bonds is 13. The van der Waals surface area contributed by atoms with Gasteiger partial charge in [-0.2, -0.15) is 0 Å². The Hall–Kier alpha value is -3.68. The third-order valence-electron chi connectivity index (χ3n) is 9.01. The van der Waals surface area contributed by atoms with E-state index in [0.29, 0.717) is 23.4 Å². The zero-order valence-electron chi connectivity index (χ0n) is 26.5. The van der Waals surface area contributed by atoms with Crippen LogP contribution in [-0.2, 0) is 6.54 Å². The fourth-order valence-electron chi connectivity index (χ4n) is 6.39. The van der Waals surface area contributed by atoms with Crippen LogP contribution < -0.4 is 14.4 Å². The molecule has 0 spiro atoms. The molecule has 1 N–H and O–H groups in total. The van der Waals surface area contributed by atoms with Gasteiger partial charge in [-0.3, -0.25) is 4.90 Å². The van der Waals surface area contributed by atoms with Crippen molar-refractivity contribution in [3.05, 3.63) is 84.1 Å². The summed E-state index contributed by atoms with van der Waals surface area (Å²) in [5.41, 5.74) is 3.61. The monoisotopic (exact) mass is 584 g/mol. The number of ether oxygens (including phenoxy) is 2. The molecule has 1 atom stereocenters. The van der Waals surface area contributed by atoms with Crippen LogP contribution in [0.2, 0.25) is 0 Å². The molecule has 0 saturated carbocycles. The van der Waals surface area contributed by atoms with Crippen molar-refractivity contribution >= 4 is 16.5 Å². The number of piperazine rings is 1. The number of methoxy groups -OCH3 is 2. The summed E-state index contributed by atoms with van der Waals surface area (Å²) >= 11 is 0. The number of benzene rings is 3. The number of nitrogens with zero attached hydrogens (tertiary/aromatic N) is 4. The minimum Gasteiger partial charge on any atom is -0.494 e. The third kappa shape index (κ3) is 6.94. The Labute approximate surface area is 257 Å². The molecule has 1 aliphatic heterocycles. The SMILES string of the molecule is CCN1CCN(c2cccc3c(O)n([C@H](CCCN(Cc4ccccc4)C(C)C)c4ccc(OC)c(OC)c4)cc23)CC1. The molecular formula is C36H48N4O3. The summed E-state index contributed by atoms with van der Waals surface area (Å²) in [6, 6.07) is 23.5. The molecule has 0 aliphatic carbocycles. The number of hydrogen-bond acceptors (Lipinski definition) is 6. The van der Waals surface area contributed by atoms with Crippen LogP contribution in [-0.4, -0.2) is 79.0 Å². The molecule has 0 radical (unpaired) electrons. The zero-order chi connectivity index (χ0) is 30.3. The highest BCUT2D eigenvalue weighted by atomic mass is 16.5. The van der Waals surface area contributed by atoms with Gasteiger partial charge in [-0.25, -0.2) is 0 Å². The summed E-state index contributed by atoms with van der Waals surface area (Å²) in [6.07, 6.45) is 4.01. The molecule has 2 heterocycles. The average molecular weight is 585 g/mol. The lowest BCUT2D eigenvalue weighted by molar-refractivity contribution is 0.205. The molecule has 1 fully saturated rings. The molecule has 5 rings (SSSR count). The van der Waals surface area contributed by atoms with Crippen molar-refractivity contribution < 1.29 is 14.6 Å². The van der Waals surface area contributed by atoms with E-state index in [4.69, 9.17) is 9.47 Å². The highest BCUT2D eigenvalue weighted by molar-refractivity contribution is 5.98. The molecular weight excluding hydrogens is 536 g/mol. The molecule has 3 aromatic carbocycles. The molecule has 1 aliphatic rings. The minimum atomic E-state index is -0.0669. The van der Waals surface area contributed by atoms with Gasteiger partial charge >= 0.3 is 0 Å². The normalized spacial score (nSPS) is 15.0. The Morgan fingerprint density at radius 3 is 2.28 bits per heavy atom. The van der Waals surface area contributed by atoms with Crippen molar-refractivity contribution in [3.63, 3.8) is 0 Å². The molecule has 1 aromatic heterocycles. The minimum absolute atomic E-state index is 0.0669. The van der Waals surface area contributed by atoms with Gasteiger partial charge in [0.15, 0.2) is 17.4 Å². The van der Waals surface area contributed by atoms with Crippen molar-refractivity contribution in [1.29, 1.82) is 0 Å². The van der Waals surface area contributed by atoms with Gasteiger partial charge < -0.3 is 28.9 Å². The van der Waals surface area contributed by atoms with E-state index in [2.05, 4.69) is 101 Å². The van der Waals surface area contributed by atoms with Gasteiger partial charge in [0.2, 0.25) is 0 Å². The Kier molecular flexibility index (Phi) is 10.2. The number of likely N-dealkylation sites (N-methyl/N-ethyl adjacent to an activating group) is 1. The van der Waals surface area contributed by atoms with E-state index in [9.17, 15) is 5.11 Å². The summed E-state index contributed by atoms with van der Waals surface area (Å²) < 4.78 is 13.3. The molecule has 7 heteroatoms. The molecule has 0 bridgehead atoms. The van der Waals surface area contributed by atoms with Gasteiger partial charge in [-0.15, -0.1) is 0 Å². The van der Waals surface area contributed by atoms with Crippen LogP contribution >= 0.6 is 0 Å². The maximum absolute atomic E-state index is 11.7. The lowest BCUT2D eigenvalue weighted by Crippen LogP contribution is -2.46. The number of fused-ring (bicyclic) bond motifs is 1. The Bertz CT molecular complexity index is 1460. The highest BCUT2D eigenvalue weighted by Gasteiger charge is 2.24. The second-order valence-corrected chi connectivity index (χ2v) is 11.8. The quantitative estimate of drug-likeness (QED) is 0.187. The van der Waals surface area contributed by atoms with E-state index in [0.717, 1.165) is 75.0 Å². The van der Waals surface area contributed by atoms with E-state index in [1.165, 1.54) is 11.3 Å². The maximum atomic E-state index is 11.7. The first-order chi connectivity index (χ1) is 20.9. The standard InChI is InChI=1S/C36H48N4O3/c1-6-37-20-22-38(23-21-37)33-15-10-14-30-31(33)26-40(36(30)41)32(29-17-18-34(42-4)35(24-29)43-5)16-11-19-39(27(2)3)25-28-12-8-7-9-13-28/h7-10,12-15,17-18,24,26-27,32,41H,6,11,16,19-23,25H2,1-5H3/t32-/m1/s1. The van der Waals surface area contributed by atoms with Crippen LogP contribution in [0, 0.1) is 0 Å². The summed E-state index contributed by atoms with van der Waals surface area (Å²) in [7, 11) is 3.33. The lowest BCUT2D eigenvalue weighted by atomic mass is 10.0. The van der Waals surface area contributed by atoms with E-state index < -0.39 is 0 Å². The van der Waals surface area contributed by atoms with Crippen LogP contribution in [0.1, 0.15) is 50.8 Å². The van der Waals surface area contributed by atoms with E-state index >= 15 is 0 Å². The first kappa shape index (κ1) is 30.8. The Morgan fingerprint density at radius 1 is 0.860 bits per heavy atom. The van der Waals surface area contributed by atoms with Gasteiger partial charge in [0.1, 0.15) is 0 Å². The molecule has 43 heavy (non-hydrogen) atoms. The molecule has 0 amide bonds. The Balaban J connectivity index is 1.46. The van der Waals surface area contributed by atoms with Gasteiger partial charge in [-0.1, -0.05) is 49.4 Å². The average Bonchev–Trinajstić information content (AvgIpc) is 3.38. The van der Waals surface area contributed by atoms with E-state index in [1.807, 2.05) is 12.1 Å². The summed E-state index contributed by atoms with van der Waals surface area (Å²) in [4.78, 5) is 7.49. The van der Waals surface area contributed by atoms with Gasteiger partial charge in [0.25, 0.3) is 0 Å². The fourth-order valence-corrected chi connectivity index (χ4v) is 6.39. The van der Waals surface area contributed by atoms with Crippen LogP contribution in [0.4, 0.5) is 5.69 Å². The first-order valence-electron chi connectivity index (χ1n) is 15.7. The van der Waals surface area contributed by atoms with Crippen LogP contribution in [0.5, 0.6) is 17.4 Å². The van der Waals surface area contributed by atoms with Crippen LogP contribution in [0.25, 0.3) is 10.8 Å². The van der Waals surface area contributed by atoms with Crippen molar-refractivity contribution in [2.24, 2.45) is 0 Å². The number of anilines is 1. The Morgan fingerprint density at radius 2 is 1.60 bits per heavy atom. The van der Waals surface area contributed by atoms with Crippen LogP contribution in [0.3, 0.4) is 0 Å². The van der Waals surface area contributed by atoms with Gasteiger partial charge in [0, 0.05) is 61.4 Å². The van der Waals surface area contributed by atoms with Crippen molar-refractivity contribution in [2.75, 3.05) is 58.4 Å². The second-order valence-electron chi connectivity index (χ2n) is 11.8. The second kappa shape index (κ2) is 14.2. The number of aromatic hydroxyl groups is 1. The molecule has 230 valence electrons. The van der Waals surface area contributed by atoms with E-state index in [-0.39, 0.29) is 6.04 Å². The predicted octanol–water partition coefficient (Wildman–Crippen LogP) is 6.79. The topological polar surface area (TPSA) is 53.3 Å². The zero-order valence-corrected chi connectivity index (χ0v) is 26.5. The van der Waals surface area contributed by atoms with Crippen LogP contribution in [0.15, 0.2) is 72.9 Å². The summed E-state index contributed by atoms with van der Waals surface area (Å²) in [5, 5.41) is 13.7. The third-order valence-corrected chi connectivity index (χ3v) is 9.01. The fraction of sp³-hybridized carbons (Fsp3) is 0.444. The molecule has 4 aromatic rings. The van der Waals surface area contributed by atoms with Crippen molar-refractivity contribution in [2.45, 2.75) is 52.2 Å². The number of hydrogen-bond donors (Lipinski definition) is 1. The van der Waals surface area contributed by atoms with Crippen molar-refractivity contribution in [1.82, 2.24) is 14.4 Å². The van der Waals surface area contributed by atoms with Crippen molar-refractivity contribution in [3.8, 4) is 17.4 Å². The highest BCUT2D eigenvalue weighted by Crippen LogP contribution is 2.41. The maximum Gasteiger partial charge on any atom is 0.199 e. The summed E-state index contributed by atoms with van der Waals surface area (Å²) in [6.45, 7) is 13.8. The van der Waals surface area contributed by atoms with E-state index in [1.54, 1.807) is 14.2 Å². The molecule has 1 saturated heterocycles. The predicted molar refractivity (Wildman–Crippen MR) is 177 cm³/mol.